The lowest BCUT2D eigenvalue weighted by Gasteiger charge is -2.36. The molecule has 0 saturated carbocycles. The second-order valence-corrected chi connectivity index (χ2v) is 6.30. The van der Waals surface area contributed by atoms with E-state index in [-0.39, 0.29) is 5.91 Å². The molecule has 0 unspecified atom stereocenters. The number of nitrogens with one attached hydrogen (secondary N) is 2. The van der Waals surface area contributed by atoms with Crippen molar-refractivity contribution in [2.24, 2.45) is 0 Å². The Morgan fingerprint density at radius 3 is 2.70 bits per heavy atom. The van der Waals surface area contributed by atoms with Gasteiger partial charge in [-0.15, -0.1) is 0 Å². The normalized spacial score (nSPS) is 16.9. The maximum absolute atomic E-state index is 12.8. The summed E-state index contributed by atoms with van der Waals surface area (Å²) in [7, 11) is 0. The highest BCUT2D eigenvalue weighted by molar-refractivity contribution is 6.30. The van der Waals surface area contributed by atoms with Crippen molar-refractivity contribution in [3.05, 3.63) is 53.3 Å². The van der Waals surface area contributed by atoms with Crippen LogP contribution in [-0.2, 0) is 16.8 Å². The molecule has 1 saturated heterocycles. The number of aromatic nitrogens is 2. The standard InChI is InChI=1S/C17H21ClN4O/c18-15-4-2-14(3-5-15)6-10-20-16(23)17(7-11-19-12-8-17)22-13-1-9-21-22/h1-5,9,13,19H,6-8,10-12H2,(H,20,23). The van der Waals surface area contributed by atoms with Crippen LogP contribution in [0.2, 0.25) is 5.02 Å². The van der Waals surface area contributed by atoms with Crippen LogP contribution in [0.1, 0.15) is 18.4 Å². The Morgan fingerprint density at radius 1 is 1.30 bits per heavy atom. The number of hydrogen-bond acceptors (Lipinski definition) is 3. The van der Waals surface area contributed by atoms with Gasteiger partial charge in [-0.2, -0.15) is 5.10 Å². The maximum Gasteiger partial charge on any atom is 0.248 e. The molecule has 5 nitrogen and oxygen atoms in total. The fraction of sp³-hybridized carbons (Fsp3) is 0.412. The van der Waals surface area contributed by atoms with Gasteiger partial charge in [-0.25, -0.2) is 0 Å². The topological polar surface area (TPSA) is 59.0 Å². The molecule has 2 aromatic rings. The molecule has 2 N–H and O–H groups in total. The van der Waals surface area contributed by atoms with Gasteiger partial charge in [0.05, 0.1) is 0 Å². The largest absolute Gasteiger partial charge is 0.354 e. The Labute approximate surface area is 141 Å². The van der Waals surface area contributed by atoms with Crippen LogP contribution in [0.15, 0.2) is 42.7 Å². The lowest BCUT2D eigenvalue weighted by Crippen LogP contribution is -2.54. The molecular formula is C17H21ClN4O. The Morgan fingerprint density at radius 2 is 2.04 bits per heavy atom. The summed E-state index contributed by atoms with van der Waals surface area (Å²) in [6.07, 6.45) is 5.90. The number of hydrogen-bond donors (Lipinski definition) is 2. The molecule has 0 radical (unpaired) electrons. The summed E-state index contributed by atoms with van der Waals surface area (Å²) in [6, 6.07) is 9.59. The van der Waals surface area contributed by atoms with Crippen molar-refractivity contribution >= 4 is 17.5 Å². The Kier molecular flexibility index (Phi) is 4.98. The molecule has 2 heterocycles. The van der Waals surface area contributed by atoms with E-state index in [0.29, 0.717) is 6.54 Å². The van der Waals surface area contributed by atoms with Crippen LogP contribution < -0.4 is 10.6 Å². The zero-order valence-electron chi connectivity index (χ0n) is 13.0. The number of halogens is 1. The van der Waals surface area contributed by atoms with Gasteiger partial charge in [-0.3, -0.25) is 9.48 Å². The van der Waals surface area contributed by atoms with Crippen molar-refractivity contribution in [1.29, 1.82) is 0 Å². The number of benzene rings is 1. The molecule has 1 aromatic heterocycles. The summed E-state index contributed by atoms with van der Waals surface area (Å²) in [4.78, 5) is 12.8. The van der Waals surface area contributed by atoms with Crippen molar-refractivity contribution < 1.29 is 4.79 Å². The minimum absolute atomic E-state index is 0.0525. The molecule has 1 aliphatic heterocycles. The quantitative estimate of drug-likeness (QED) is 0.880. The Balaban J connectivity index is 1.64. The monoisotopic (exact) mass is 332 g/mol. The van der Waals surface area contributed by atoms with Crippen molar-refractivity contribution in [1.82, 2.24) is 20.4 Å². The summed E-state index contributed by atoms with van der Waals surface area (Å²) in [5.41, 5.74) is 0.586. The summed E-state index contributed by atoms with van der Waals surface area (Å²) in [6.45, 7) is 2.26. The average molecular weight is 333 g/mol. The second-order valence-electron chi connectivity index (χ2n) is 5.86. The molecule has 1 aromatic carbocycles. The van der Waals surface area contributed by atoms with Gasteiger partial charge in [-0.1, -0.05) is 23.7 Å². The molecule has 0 bridgehead atoms. The molecule has 0 aliphatic carbocycles. The molecule has 122 valence electrons. The third-order valence-electron chi connectivity index (χ3n) is 4.41. The van der Waals surface area contributed by atoms with Gasteiger partial charge in [0, 0.05) is 24.0 Å². The lowest BCUT2D eigenvalue weighted by molar-refractivity contribution is -0.131. The van der Waals surface area contributed by atoms with Gasteiger partial charge in [-0.05, 0) is 56.1 Å². The average Bonchev–Trinajstić information content (AvgIpc) is 3.12. The van der Waals surface area contributed by atoms with E-state index in [9.17, 15) is 4.79 Å². The second kappa shape index (κ2) is 7.15. The molecule has 0 atom stereocenters. The van der Waals surface area contributed by atoms with Crippen LogP contribution in [-0.4, -0.2) is 35.3 Å². The van der Waals surface area contributed by atoms with Crippen LogP contribution in [0.5, 0.6) is 0 Å². The molecule has 1 aliphatic rings. The van der Waals surface area contributed by atoms with Crippen LogP contribution >= 0.6 is 11.6 Å². The predicted molar refractivity (Wildman–Crippen MR) is 90.5 cm³/mol. The summed E-state index contributed by atoms with van der Waals surface area (Å²) >= 11 is 5.89. The Hall–Kier alpha value is -1.85. The minimum atomic E-state index is -0.575. The first kappa shape index (κ1) is 16.0. The molecule has 6 heteroatoms. The number of nitrogens with zero attached hydrogens (tertiary/aromatic N) is 2. The predicted octanol–water partition coefficient (Wildman–Crippen LogP) is 1.97. The molecule has 3 rings (SSSR count). The zero-order valence-corrected chi connectivity index (χ0v) is 13.7. The highest BCUT2D eigenvalue weighted by Gasteiger charge is 2.41. The van der Waals surface area contributed by atoms with Gasteiger partial charge in [0.2, 0.25) is 5.91 Å². The van der Waals surface area contributed by atoms with E-state index >= 15 is 0 Å². The maximum atomic E-state index is 12.8. The van der Waals surface area contributed by atoms with Crippen LogP contribution in [0, 0.1) is 0 Å². The van der Waals surface area contributed by atoms with Crippen molar-refractivity contribution in [3.63, 3.8) is 0 Å². The van der Waals surface area contributed by atoms with Gasteiger partial charge < -0.3 is 10.6 Å². The van der Waals surface area contributed by atoms with E-state index in [4.69, 9.17) is 11.6 Å². The molecule has 1 amide bonds. The smallest absolute Gasteiger partial charge is 0.248 e. The zero-order chi connectivity index (χ0) is 16.1. The number of carbonyl (C=O) groups excluding carboxylic acids is 1. The highest BCUT2D eigenvalue weighted by Crippen LogP contribution is 2.27. The molecule has 23 heavy (non-hydrogen) atoms. The number of amides is 1. The van der Waals surface area contributed by atoms with Crippen LogP contribution in [0.25, 0.3) is 0 Å². The summed E-state index contributed by atoms with van der Waals surface area (Å²) in [5, 5.41) is 11.4. The minimum Gasteiger partial charge on any atom is -0.354 e. The fourth-order valence-corrected chi connectivity index (χ4v) is 3.18. The lowest BCUT2D eigenvalue weighted by atomic mass is 9.87. The van der Waals surface area contributed by atoms with Crippen molar-refractivity contribution in [2.75, 3.05) is 19.6 Å². The van der Waals surface area contributed by atoms with Crippen molar-refractivity contribution in [2.45, 2.75) is 24.8 Å². The summed E-state index contributed by atoms with van der Waals surface area (Å²) < 4.78 is 1.81. The third-order valence-corrected chi connectivity index (χ3v) is 4.66. The van der Waals surface area contributed by atoms with E-state index < -0.39 is 5.54 Å². The SMILES string of the molecule is O=C(NCCc1ccc(Cl)cc1)C1(n2cccn2)CCNCC1. The first-order chi connectivity index (χ1) is 11.2. The summed E-state index contributed by atoms with van der Waals surface area (Å²) in [5.74, 6) is 0.0525. The van der Waals surface area contributed by atoms with Gasteiger partial charge in [0.15, 0.2) is 0 Å². The van der Waals surface area contributed by atoms with Crippen LogP contribution in [0.4, 0.5) is 0 Å². The van der Waals surface area contributed by atoms with Crippen LogP contribution in [0.3, 0.4) is 0 Å². The van der Waals surface area contributed by atoms with E-state index in [1.165, 1.54) is 0 Å². The molecule has 1 fully saturated rings. The van der Waals surface area contributed by atoms with E-state index in [2.05, 4.69) is 15.7 Å². The van der Waals surface area contributed by atoms with Gasteiger partial charge >= 0.3 is 0 Å². The Bertz CT molecular complexity index is 633. The first-order valence-corrected chi connectivity index (χ1v) is 8.32. The van der Waals surface area contributed by atoms with Crippen molar-refractivity contribution in [3.8, 4) is 0 Å². The van der Waals surface area contributed by atoms with E-state index in [1.54, 1.807) is 6.20 Å². The molecular weight excluding hydrogens is 312 g/mol. The van der Waals surface area contributed by atoms with E-state index in [1.807, 2.05) is 41.2 Å². The van der Waals surface area contributed by atoms with Gasteiger partial charge in [0.1, 0.15) is 5.54 Å². The molecule has 0 spiro atoms. The number of carbonyl (C=O) groups is 1. The van der Waals surface area contributed by atoms with Gasteiger partial charge in [0.25, 0.3) is 0 Å². The highest BCUT2D eigenvalue weighted by atomic mass is 35.5. The fourth-order valence-electron chi connectivity index (χ4n) is 3.06. The third kappa shape index (κ3) is 3.57. The first-order valence-electron chi connectivity index (χ1n) is 7.94. The van der Waals surface area contributed by atoms with E-state index in [0.717, 1.165) is 42.9 Å². The number of piperidine rings is 1. The number of rotatable bonds is 5.